The van der Waals surface area contributed by atoms with E-state index in [1.165, 1.54) is 19.2 Å². The van der Waals surface area contributed by atoms with Crippen molar-refractivity contribution in [3.63, 3.8) is 0 Å². The zero-order valence-electron chi connectivity index (χ0n) is 16.0. The molecule has 0 aliphatic carbocycles. The highest BCUT2D eigenvalue weighted by molar-refractivity contribution is 7.92. The fourth-order valence-electron chi connectivity index (χ4n) is 2.52. The monoisotopic (exact) mass is 391 g/mol. The molecule has 0 aromatic heterocycles. The lowest BCUT2D eigenvalue weighted by Crippen LogP contribution is -2.36. The Kier molecular flexibility index (Phi) is 6.85. The Hall–Kier alpha value is -2.54. The maximum Gasteiger partial charge on any atom is 0.326 e. The van der Waals surface area contributed by atoms with Crippen LogP contribution in [0, 0.1) is 0 Å². The zero-order chi connectivity index (χ0) is 20.0. The number of carbonyl (C=O) groups excluding carboxylic acids is 1. The van der Waals surface area contributed by atoms with Crippen LogP contribution in [0.2, 0.25) is 0 Å². The van der Waals surface area contributed by atoms with Gasteiger partial charge >= 0.3 is 5.97 Å². The molecule has 0 amide bonds. The first kappa shape index (κ1) is 20.8. The number of hydrogen-bond donors (Lipinski definition) is 0. The minimum absolute atomic E-state index is 0.0720. The average molecular weight is 391 g/mol. The van der Waals surface area contributed by atoms with Crippen LogP contribution in [-0.4, -0.2) is 34.6 Å². The van der Waals surface area contributed by atoms with E-state index in [0.717, 1.165) is 9.87 Å². The number of nitrogens with zero attached hydrogens (tertiary/aromatic N) is 1. The molecule has 0 aliphatic heterocycles. The van der Waals surface area contributed by atoms with Crippen molar-refractivity contribution in [3.05, 3.63) is 54.1 Å². The number of esters is 1. The molecular formula is C20H25NO5S. The van der Waals surface area contributed by atoms with Crippen molar-refractivity contribution in [1.29, 1.82) is 0 Å². The first-order chi connectivity index (χ1) is 12.8. The van der Waals surface area contributed by atoms with Gasteiger partial charge in [0.25, 0.3) is 10.0 Å². The molecule has 0 atom stereocenters. The second-order valence-corrected chi connectivity index (χ2v) is 8.10. The molecule has 0 unspecified atom stereocenters. The molecule has 0 saturated carbocycles. The average Bonchev–Trinajstić information content (AvgIpc) is 2.66. The van der Waals surface area contributed by atoms with Crippen LogP contribution < -0.4 is 9.04 Å². The minimum atomic E-state index is -3.95. The van der Waals surface area contributed by atoms with Crippen LogP contribution in [-0.2, 0) is 19.6 Å². The largest absolute Gasteiger partial charge is 0.494 e. The van der Waals surface area contributed by atoms with Crippen molar-refractivity contribution >= 4 is 21.7 Å². The Balaban J connectivity index is 2.43. The zero-order valence-corrected chi connectivity index (χ0v) is 16.8. The summed E-state index contributed by atoms with van der Waals surface area (Å²) in [5.74, 6) is 0.255. The number of carbonyl (C=O) groups is 1. The van der Waals surface area contributed by atoms with E-state index in [-0.39, 0.29) is 4.90 Å². The molecule has 6 nitrogen and oxygen atoms in total. The quantitative estimate of drug-likeness (QED) is 0.643. The van der Waals surface area contributed by atoms with Gasteiger partial charge in [0.1, 0.15) is 12.3 Å². The number of hydrogen-bond acceptors (Lipinski definition) is 5. The van der Waals surface area contributed by atoms with E-state index in [1.54, 1.807) is 24.3 Å². The van der Waals surface area contributed by atoms with E-state index in [1.807, 2.05) is 19.1 Å². The molecule has 0 N–H and O–H groups in total. The predicted octanol–water partition coefficient (Wildman–Crippen LogP) is 3.58. The Labute approximate surface area is 160 Å². The summed E-state index contributed by atoms with van der Waals surface area (Å²) in [5, 5.41) is 0. The second kappa shape index (κ2) is 8.90. The third-order valence-corrected chi connectivity index (χ3v) is 5.86. The molecule has 27 heavy (non-hydrogen) atoms. The fraction of sp³-hybridized carbons (Fsp3) is 0.350. The van der Waals surface area contributed by atoms with Gasteiger partial charge < -0.3 is 9.47 Å². The number of anilines is 1. The van der Waals surface area contributed by atoms with Crippen LogP contribution in [0.1, 0.15) is 32.3 Å². The van der Waals surface area contributed by atoms with Crippen molar-refractivity contribution < 1.29 is 22.7 Å². The van der Waals surface area contributed by atoms with Crippen LogP contribution in [0.25, 0.3) is 0 Å². The highest BCUT2D eigenvalue weighted by Crippen LogP contribution is 2.27. The SMILES string of the molecule is CCOc1ccc(S(=O)(=O)N(CC(=O)OC)c2ccc(C(C)C)cc2)cc1. The van der Waals surface area contributed by atoms with E-state index in [2.05, 4.69) is 18.6 Å². The van der Waals surface area contributed by atoms with Crippen molar-refractivity contribution in [3.8, 4) is 5.75 Å². The second-order valence-electron chi connectivity index (χ2n) is 6.24. The molecule has 0 saturated heterocycles. The molecule has 0 fully saturated rings. The number of methoxy groups -OCH3 is 1. The van der Waals surface area contributed by atoms with Crippen molar-refractivity contribution in [2.45, 2.75) is 31.6 Å². The van der Waals surface area contributed by atoms with Gasteiger partial charge in [0.2, 0.25) is 0 Å². The molecule has 0 aliphatic rings. The van der Waals surface area contributed by atoms with Gasteiger partial charge in [0.15, 0.2) is 0 Å². The van der Waals surface area contributed by atoms with Crippen molar-refractivity contribution in [1.82, 2.24) is 0 Å². The van der Waals surface area contributed by atoms with Gasteiger partial charge in [-0.3, -0.25) is 9.10 Å². The highest BCUT2D eigenvalue weighted by atomic mass is 32.2. The lowest BCUT2D eigenvalue weighted by molar-refractivity contribution is -0.138. The maximum absolute atomic E-state index is 13.1. The van der Waals surface area contributed by atoms with E-state index >= 15 is 0 Å². The Morgan fingerprint density at radius 1 is 1.04 bits per heavy atom. The third-order valence-electron chi connectivity index (χ3n) is 4.07. The summed E-state index contributed by atoms with van der Waals surface area (Å²) >= 11 is 0. The number of sulfonamides is 1. The Bertz CT molecular complexity index is 858. The molecule has 2 rings (SSSR count). The van der Waals surface area contributed by atoms with E-state index in [9.17, 15) is 13.2 Å². The standard InChI is InChI=1S/C20H25NO5S/c1-5-26-18-10-12-19(13-11-18)27(23,24)21(14-20(22)25-4)17-8-6-16(7-9-17)15(2)3/h6-13,15H,5,14H2,1-4H3. The summed E-state index contributed by atoms with van der Waals surface area (Å²) < 4.78 is 37.4. The first-order valence-corrected chi connectivity index (χ1v) is 10.2. The van der Waals surface area contributed by atoms with E-state index in [0.29, 0.717) is 24.0 Å². The summed E-state index contributed by atoms with van der Waals surface area (Å²) in [6.45, 7) is 6.04. The summed E-state index contributed by atoms with van der Waals surface area (Å²) in [6, 6.07) is 13.2. The summed E-state index contributed by atoms with van der Waals surface area (Å²) in [7, 11) is -2.72. The first-order valence-electron chi connectivity index (χ1n) is 8.72. The van der Waals surface area contributed by atoms with Crippen LogP contribution in [0.15, 0.2) is 53.4 Å². The van der Waals surface area contributed by atoms with Gasteiger partial charge in [-0.05, 0) is 54.8 Å². The fourth-order valence-corrected chi connectivity index (χ4v) is 3.93. The van der Waals surface area contributed by atoms with Gasteiger partial charge in [-0.1, -0.05) is 26.0 Å². The summed E-state index contributed by atoms with van der Waals surface area (Å²) in [4.78, 5) is 11.9. The van der Waals surface area contributed by atoms with Gasteiger partial charge in [0, 0.05) is 0 Å². The van der Waals surface area contributed by atoms with Crippen LogP contribution in [0.3, 0.4) is 0 Å². The van der Waals surface area contributed by atoms with Crippen LogP contribution in [0.5, 0.6) is 5.75 Å². The maximum atomic E-state index is 13.1. The summed E-state index contributed by atoms with van der Waals surface area (Å²) in [5.41, 5.74) is 1.48. The topological polar surface area (TPSA) is 72.9 Å². The molecule has 2 aromatic rings. The van der Waals surface area contributed by atoms with E-state index < -0.39 is 22.5 Å². The lowest BCUT2D eigenvalue weighted by atomic mass is 10.0. The number of ether oxygens (including phenoxy) is 2. The molecular weight excluding hydrogens is 366 g/mol. The molecule has 0 spiro atoms. The van der Waals surface area contributed by atoms with E-state index in [4.69, 9.17) is 4.74 Å². The molecule has 0 bridgehead atoms. The molecule has 0 heterocycles. The van der Waals surface area contributed by atoms with Gasteiger partial charge in [-0.15, -0.1) is 0 Å². The molecule has 146 valence electrons. The number of rotatable bonds is 8. The molecule has 2 aromatic carbocycles. The Morgan fingerprint density at radius 2 is 1.63 bits per heavy atom. The van der Waals surface area contributed by atoms with Crippen molar-refractivity contribution in [2.24, 2.45) is 0 Å². The normalized spacial score (nSPS) is 11.3. The minimum Gasteiger partial charge on any atom is -0.494 e. The Morgan fingerprint density at radius 3 is 2.11 bits per heavy atom. The molecule has 0 radical (unpaired) electrons. The molecule has 7 heteroatoms. The van der Waals surface area contributed by atoms with Gasteiger partial charge in [0.05, 0.1) is 24.3 Å². The number of benzene rings is 2. The third kappa shape index (κ3) is 5.01. The lowest BCUT2D eigenvalue weighted by Gasteiger charge is -2.24. The highest BCUT2D eigenvalue weighted by Gasteiger charge is 2.27. The predicted molar refractivity (Wildman–Crippen MR) is 105 cm³/mol. The van der Waals surface area contributed by atoms with Crippen LogP contribution in [0.4, 0.5) is 5.69 Å². The van der Waals surface area contributed by atoms with Gasteiger partial charge in [-0.25, -0.2) is 8.42 Å². The van der Waals surface area contributed by atoms with Crippen LogP contribution >= 0.6 is 0 Å². The van der Waals surface area contributed by atoms with Gasteiger partial charge in [-0.2, -0.15) is 0 Å². The van der Waals surface area contributed by atoms with Crippen molar-refractivity contribution in [2.75, 3.05) is 24.6 Å². The smallest absolute Gasteiger partial charge is 0.326 e. The summed E-state index contributed by atoms with van der Waals surface area (Å²) in [6.07, 6.45) is 0.